The number of carbonyl (C=O) groups is 1. The minimum Gasteiger partial charge on any atom is -0.475 e. The zero-order chi connectivity index (χ0) is 22.4. The zero-order valence-corrected chi connectivity index (χ0v) is 16.6. The van der Waals surface area contributed by atoms with E-state index in [1.165, 1.54) is 24.1 Å². The van der Waals surface area contributed by atoms with E-state index in [1.807, 2.05) is 24.4 Å². The van der Waals surface area contributed by atoms with Gasteiger partial charge in [-0.1, -0.05) is 12.1 Å². The summed E-state index contributed by atoms with van der Waals surface area (Å²) in [6, 6.07) is 11.0. The van der Waals surface area contributed by atoms with Gasteiger partial charge in [0.2, 0.25) is 5.95 Å². The van der Waals surface area contributed by atoms with E-state index in [1.54, 1.807) is 0 Å². The lowest BCUT2D eigenvalue weighted by Crippen LogP contribution is -2.34. The Morgan fingerprint density at radius 2 is 2.00 bits per heavy atom. The van der Waals surface area contributed by atoms with E-state index in [2.05, 4.69) is 32.7 Å². The van der Waals surface area contributed by atoms with Gasteiger partial charge in [-0.25, -0.2) is 14.8 Å². The number of alkyl halides is 3. The summed E-state index contributed by atoms with van der Waals surface area (Å²) in [6.07, 6.45) is 2.42. The number of aryl methyl sites for hydroxylation is 1. The van der Waals surface area contributed by atoms with Crippen molar-refractivity contribution >= 4 is 11.9 Å². The molecule has 164 valence electrons. The summed E-state index contributed by atoms with van der Waals surface area (Å²) in [4.78, 5) is 18.0. The smallest absolute Gasteiger partial charge is 0.475 e. The molecule has 10 heteroatoms. The van der Waals surface area contributed by atoms with Gasteiger partial charge >= 0.3 is 12.1 Å². The number of aliphatic carboxylic acids is 1. The highest BCUT2D eigenvalue weighted by Crippen LogP contribution is 2.25. The average molecular weight is 433 g/mol. The Morgan fingerprint density at radius 1 is 1.26 bits per heavy atom. The number of halogens is 3. The van der Waals surface area contributed by atoms with Gasteiger partial charge < -0.3 is 15.7 Å². The summed E-state index contributed by atoms with van der Waals surface area (Å²) in [5.41, 5.74) is 4.32. The number of rotatable bonds is 5. The van der Waals surface area contributed by atoms with Gasteiger partial charge in [-0.15, -0.1) is 0 Å². The van der Waals surface area contributed by atoms with Crippen molar-refractivity contribution in [2.24, 2.45) is 0 Å². The van der Waals surface area contributed by atoms with E-state index >= 15 is 0 Å². The number of carboxylic acids is 1. The van der Waals surface area contributed by atoms with E-state index in [9.17, 15) is 13.2 Å². The number of carboxylic acid groups (broad SMARTS) is 1. The molecule has 1 aromatic heterocycles. The number of anilines is 1. The van der Waals surface area contributed by atoms with E-state index < -0.39 is 12.1 Å². The van der Waals surface area contributed by atoms with Crippen molar-refractivity contribution in [1.82, 2.24) is 15.3 Å². The molecule has 1 saturated carbocycles. The second-order valence-corrected chi connectivity index (χ2v) is 7.52. The Kier molecular flexibility index (Phi) is 7.07. The lowest BCUT2D eigenvalue weighted by molar-refractivity contribution is -0.192. The first-order valence-electron chi connectivity index (χ1n) is 9.88. The van der Waals surface area contributed by atoms with Gasteiger partial charge in [0.25, 0.3) is 0 Å². The fraction of sp³-hybridized carbons (Fsp3) is 0.429. The molecule has 3 N–H and O–H groups in total. The predicted molar refractivity (Wildman–Crippen MR) is 106 cm³/mol. The van der Waals surface area contributed by atoms with Gasteiger partial charge in [0.15, 0.2) is 0 Å². The monoisotopic (exact) mass is 433 g/mol. The third kappa shape index (κ3) is 6.93. The molecule has 4 rings (SSSR count). The molecular formula is C21H22F3N5O2. The minimum atomic E-state index is -5.08. The second kappa shape index (κ2) is 9.75. The molecule has 1 fully saturated rings. The molecule has 0 amide bonds. The van der Waals surface area contributed by atoms with Gasteiger partial charge in [0, 0.05) is 30.5 Å². The molecule has 7 nitrogen and oxygen atoms in total. The molecule has 0 radical (unpaired) electrons. The van der Waals surface area contributed by atoms with Gasteiger partial charge in [0.1, 0.15) is 0 Å². The molecule has 1 aromatic carbocycles. The van der Waals surface area contributed by atoms with Gasteiger partial charge in [0.05, 0.1) is 11.6 Å². The van der Waals surface area contributed by atoms with Crippen molar-refractivity contribution < 1.29 is 23.1 Å². The molecule has 0 spiro atoms. The van der Waals surface area contributed by atoms with Crippen molar-refractivity contribution in [2.45, 2.75) is 56.9 Å². The Balaban J connectivity index is 0.000000339. The van der Waals surface area contributed by atoms with Crippen LogP contribution in [0.1, 0.15) is 41.6 Å². The maximum atomic E-state index is 10.6. The van der Waals surface area contributed by atoms with Gasteiger partial charge in [-0.05, 0) is 55.4 Å². The second-order valence-electron chi connectivity index (χ2n) is 7.52. The van der Waals surface area contributed by atoms with Crippen molar-refractivity contribution in [3.63, 3.8) is 0 Å². The van der Waals surface area contributed by atoms with Crippen molar-refractivity contribution in [3.05, 3.63) is 52.8 Å². The van der Waals surface area contributed by atoms with Crippen LogP contribution in [0, 0.1) is 11.3 Å². The molecule has 2 aromatic rings. The first-order chi connectivity index (χ1) is 14.7. The first kappa shape index (κ1) is 22.5. The fourth-order valence-corrected chi connectivity index (χ4v) is 3.17. The molecule has 1 heterocycles. The third-order valence-corrected chi connectivity index (χ3v) is 4.95. The standard InChI is InChI=1S/C19H21N5.C2HF3O2/c20-10-13-2-1-3-14(8-13)11-21-17-6-7-18-15(9-17)12-22-19(24-18)23-16-4-5-16;3-2(4,5)1(6)7/h1-3,8,12,16-17,21H,4-7,9,11H2,(H,22,23,24);(H,6,7). The molecule has 2 aliphatic rings. The van der Waals surface area contributed by atoms with Crippen LogP contribution in [-0.4, -0.2) is 39.3 Å². The number of hydrogen-bond acceptors (Lipinski definition) is 6. The Morgan fingerprint density at radius 3 is 2.65 bits per heavy atom. The average Bonchev–Trinajstić information content (AvgIpc) is 3.56. The number of nitrogens with one attached hydrogen (secondary N) is 2. The summed E-state index contributed by atoms with van der Waals surface area (Å²) in [5.74, 6) is -1.97. The van der Waals surface area contributed by atoms with E-state index in [4.69, 9.17) is 15.2 Å². The third-order valence-electron chi connectivity index (χ3n) is 4.95. The summed E-state index contributed by atoms with van der Waals surface area (Å²) in [6.45, 7) is 0.789. The largest absolute Gasteiger partial charge is 0.490 e. The molecule has 2 aliphatic carbocycles. The van der Waals surface area contributed by atoms with Crippen LogP contribution in [0.15, 0.2) is 30.5 Å². The number of benzene rings is 1. The van der Waals surface area contributed by atoms with Crippen LogP contribution in [0.25, 0.3) is 0 Å². The van der Waals surface area contributed by atoms with Crippen LogP contribution in [0.5, 0.6) is 0 Å². The van der Waals surface area contributed by atoms with Gasteiger partial charge in [-0.2, -0.15) is 18.4 Å². The summed E-state index contributed by atoms with van der Waals surface area (Å²) < 4.78 is 31.7. The van der Waals surface area contributed by atoms with Crippen LogP contribution in [0.2, 0.25) is 0 Å². The highest BCUT2D eigenvalue weighted by molar-refractivity contribution is 5.73. The first-order valence-corrected chi connectivity index (χ1v) is 9.88. The number of nitriles is 1. The Hall–Kier alpha value is -3.19. The highest BCUT2D eigenvalue weighted by Gasteiger charge is 2.38. The van der Waals surface area contributed by atoms with Crippen molar-refractivity contribution in [2.75, 3.05) is 5.32 Å². The van der Waals surface area contributed by atoms with Crippen LogP contribution < -0.4 is 10.6 Å². The van der Waals surface area contributed by atoms with Crippen LogP contribution in [-0.2, 0) is 24.2 Å². The number of nitrogens with zero attached hydrogens (tertiary/aromatic N) is 3. The Labute approximate surface area is 177 Å². The van der Waals surface area contributed by atoms with E-state index in [-0.39, 0.29) is 0 Å². The molecular weight excluding hydrogens is 411 g/mol. The van der Waals surface area contributed by atoms with Gasteiger partial charge in [-0.3, -0.25) is 0 Å². The SMILES string of the molecule is N#Cc1cccc(CNC2CCc3nc(NC4CC4)ncc3C2)c1.O=C(O)C(F)(F)F. The van der Waals surface area contributed by atoms with Crippen LogP contribution >= 0.6 is 0 Å². The lowest BCUT2D eigenvalue weighted by Gasteiger charge is -2.25. The van der Waals surface area contributed by atoms with Crippen molar-refractivity contribution in [3.8, 4) is 6.07 Å². The van der Waals surface area contributed by atoms with Crippen molar-refractivity contribution in [1.29, 1.82) is 5.26 Å². The minimum absolute atomic E-state index is 0.439. The fourth-order valence-electron chi connectivity index (χ4n) is 3.17. The molecule has 0 saturated heterocycles. The normalized spacial score (nSPS) is 17.5. The number of hydrogen-bond donors (Lipinski definition) is 3. The highest BCUT2D eigenvalue weighted by atomic mass is 19.4. The van der Waals surface area contributed by atoms with E-state index in [0.717, 1.165) is 37.3 Å². The lowest BCUT2D eigenvalue weighted by atomic mass is 9.92. The predicted octanol–water partition coefficient (Wildman–Crippen LogP) is 3.20. The summed E-state index contributed by atoms with van der Waals surface area (Å²) in [5, 5.41) is 23.1. The molecule has 1 unspecified atom stereocenters. The number of aromatic nitrogens is 2. The molecule has 31 heavy (non-hydrogen) atoms. The molecule has 1 atom stereocenters. The zero-order valence-electron chi connectivity index (χ0n) is 16.6. The number of fused-ring (bicyclic) bond motifs is 1. The molecule has 0 aliphatic heterocycles. The van der Waals surface area contributed by atoms with E-state index in [0.29, 0.717) is 17.6 Å². The van der Waals surface area contributed by atoms with Crippen LogP contribution in [0.4, 0.5) is 19.1 Å². The maximum Gasteiger partial charge on any atom is 0.490 e. The topological polar surface area (TPSA) is 111 Å². The molecule has 0 bridgehead atoms. The Bertz CT molecular complexity index is 970. The summed E-state index contributed by atoms with van der Waals surface area (Å²) in [7, 11) is 0. The van der Waals surface area contributed by atoms with Crippen LogP contribution in [0.3, 0.4) is 0 Å². The summed E-state index contributed by atoms with van der Waals surface area (Å²) >= 11 is 0. The quantitative estimate of drug-likeness (QED) is 0.664. The maximum absolute atomic E-state index is 10.6.